The molecule has 2 heterocycles. The lowest BCUT2D eigenvalue weighted by atomic mass is 9.89. The van der Waals surface area contributed by atoms with Crippen molar-refractivity contribution in [1.82, 2.24) is 9.97 Å². The minimum Gasteiger partial charge on any atom is -0.306 e. The molecule has 190 valence electrons. The predicted molar refractivity (Wildman–Crippen MR) is 173 cm³/mol. The molecule has 9 aromatic rings. The fourth-order valence-electron chi connectivity index (χ4n) is 6.77. The highest BCUT2D eigenvalue weighted by Crippen LogP contribution is 2.47. The second kappa shape index (κ2) is 8.48. The quantitative estimate of drug-likeness (QED) is 0.171. The molecular weight excluding hydrogens is 498 g/mol. The Morgan fingerprint density at radius 2 is 0.780 bits per heavy atom. The van der Waals surface area contributed by atoms with Crippen LogP contribution >= 0.6 is 0 Å². The van der Waals surface area contributed by atoms with E-state index in [4.69, 9.17) is 9.97 Å². The maximum atomic E-state index is 4.70. The average Bonchev–Trinajstić information content (AvgIpc) is 3.04. The molecule has 0 aliphatic rings. The predicted octanol–water partition coefficient (Wildman–Crippen LogP) is 10.3. The highest BCUT2D eigenvalue weighted by molar-refractivity contribution is 6.34. The van der Waals surface area contributed by atoms with Gasteiger partial charge >= 0.3 is 0 Å². The first-order valence-electron chi connectivity index (χ1n) is 13.9. The number of rotatable bonds is 3. The van der Waals surface area contributed by atoms with E-state index in [1.807, 2.05) is 24.8 Å². The van der Waals surface area contributed by atoms with Gasteiger partial charge in [0.2, 0.25) is 0 Å². The van der Waals surface area contributed by atoms with E-state index in [2.05, 4.69) is 120 Å². The van der Waals surface area contributed by atoms with Gasteiger partial charge in [-0.3, -0.25) is 9.97 Å². The molecule has 0 saturated heterocycles. The summed E-state index contributed by atoms with van der Waals surface area (Å²) in [6.45, 7) is 0. The van der Waals surface area contributed by atoms with Crippen LogP contribution < -0.4 is 4.90 Å². The number of anilines is 3. The Morgan fingerprint density at radius 1 is 0.317 bits per heavy atom. The van der Waals surface area contributed by atoms with E-state index in [1.54, 1.807) is 0 Å². The van der Waals surface area contributed by atoms with Gasteiger partial charge < -0.3 is 4.90 Å². The number of hydrogen-bond donors (Lipinski definition) is 0. The zero-order valence-corrected chi connectivity index (χ0v) is 22.1. The van der Waals surface area contributed by atoms with Gasteiger partial charge in [-0.15, -0.1) is 0 Å². The van der Waals surface area contributed by atoms with Crippen molar-refractivity contribution < 1.29 is 0 Å². The Labute approximate surface area is 236 Å². The number of aromatic nitrogens is 2. The van der Waals surface area contributed by atoms with Crippen LogP contribution in [-0.2, 0) is 0 Å². The summed E-state index contributed by atoms with van der Waals surface area (Å²) in [6, 6.07) is 41.5. The number of nitrogens with zero attached hydrogens (tertiary/aromatic N) is 3. The molecule has 9 rings (SSSR count). The van der Waals surface area contributed by atoms with Crippen molar-refractivity contribution in [3.8, 4) is 0 Å². The second-order valence-corrected chi connectivity index (χ2v) is 10.7. The Morgan fingerprint density at radius 3 is 1.41 bits per heavy atom. The minimum absolute atomic E-state index is 1.03. The fourth-order valence-corrected chi connectivity index (χ4v) is 6.77. The van der Waals surface area contributed by atoms with Gasteiger partial charge in [-0.05, 0) is 43.8 Å². The Balaban J connectivity index is 1.46. The van der Waals surface area contributed by atoms with Gasteiger partial charge in [-0.1, -0.05) is 109 Å². The van der Waals surface area contributed by atoms with Crippen molar-refractivity contribution in [3.05, 3.63) is 140 Å². The van der Waals surface area contributed by atoms with E-state index in [0.29, 0.717) is 0 Å². The van der Waals surface area contributed by atoms with Gasteiger partial charge in [-0.25, -0.2) is 0 Å². The molecule has 0 bridgehead atoms. The smallest absolute Gasteiger partial charge is 0.0724 e. The summed E-state index contributed by atoms with van der Waals surface area (Å²) < 4.78 is 0. The van der Waals surface area contributed by atoms with Crippen molar-refractivity contribution in [2.45, 2.75) is 0 Å². The molecule has 0 fully saturated rings. The first kappa shape index (κ1) is 22.3. The molecule has 0 saturated carbocycles. The molecule has 3 nitrogen and oxygen atoms in total. The van der Waals surface area contributed by atoms with Crippen molar-refractivity contribution in [2.24, 2.45) is 0 Å². The highest BCUT2D eigenvalue weighted by Gasteiger charge is 2.22. The van der Waals surface area contributed by atoms with E-state index in [0.717, 1.165) is 38.6 Å². The molecule has 2 aromatic heterocycles. The maximum Gasteiger partial charge on any atom is 0.0724 e. The largest absolute Gasteiger partial charge is 0.306 e. The van der Waals surface area contributed by atoms with Crippen LogP contribution in [0.5, 0.6) is 0 Å². The second-order valence-electron chi connectivity index (χ2n) is 10.7. The van der Waals surface area contributed by atoms with Crippen LogP contribution in [0.2, 0.25) is 0 Å². The zero-order chi connectivity index (χ0) is 26.9. The van der Waals surface area contributed by atoms with Crippen LogP contribution in [0.1, 0.15) is 0 Å². The molecule has 0 atom stereocenters. The standard InChI is InChI=1S/C38H23N3/c1-3-12-27-25(8-1)20-39-22-35(27)41(36-23-40-21-26-9-2-4-13-28(26)36)34-19-18-32-30-15-6-11-24-10-5-14-29(37(24)30)31-16-7-17-33(34)38(31)32/h1-23H. The molecule has 0 aliphatic heterocycles. The van der Waals surface area contributed by atoms with E-state index in [1.165, 1.54) is 43.1 Å². The third kappa shape index (κ3) is 3.14. The molecular formula is C38H23N3. The highest BCUT2D eigenvalue weighted by atomic mass is 15.2. The lowest BCUT2D eigenvalue weighted by molar-refractivity contribution is 1.24. The van der Waals surface area contributed by atoms with Crippen LogP contribution in [-0.4, -0.2) is 9.97 Å². The van der Waals surface area contributed by atoms with Crippen molar-refractivity contribution >= 4 is 81.7 Å². The lowest BCUT2D eigenvalue weighted by Crippen LogP contribution is -2.12. The Bertz CT molecular complexity index is 2300. The van der Waals surface area contributed by atoms with Crippen LogP contribution in [0, 0.1) is 0 Å². The normalized spacial score (nSPS) is 11.9. The Kier molecular flexibility index (Phi) is 4.61. The van der Waals surface area contributed by atoms with E-state index >= 15 is 0 Å². The molecule has 3 heteroatoms. The molecule has 0 N–H and O–H groups in total. The topological polar surface area (TPSA) is 29.0 Å². The molecule has 41 heavy (non-hydrogen) atoms. The first-order chi connectivity index (χ1) is 20.4. The Hall–Kier alpha value is -5.54. The van der Waals surface area contributed by atoms with Gasteiger partial charge in [0.1, 0.15) is 0 Å². The lowest BCUT2D eigenvalue weighted by Gasteiger charge is -2.29. The number of benzene rings is 7. The first-order valence-corrected chi connectivity index (χ1v) is 13.9. The van der Waals surface area contributed by atoms with E-state index < -0.39 is 0 Å². The molecule has 0 aliphatic carbocycles. The van der Waals surface area contributed by atoms with Gasteiger partial charge in [0.05, 0.1) is 29.5 Å². The van der Waals surface area contributed by atoms with Crippen molar-refractivity contribution in [3.63, 3.8) is 0 Å². The number of hydrogen-bond acceptors (Lipinski definition) is 3. The molecule has 0 amide bonds. The number of pyridine rings is 2. The van der Waals surface area contributed by atoms with E-state index in [-0.39, 0.29) is 0 Å². The van der Waals surface area contributed by atoms with Crippen molar-refractivity contribution in [1.29, 1.82) is 0 Å². The third-order valence-corrected chi connectivity index (χ3v) is 8.52. The summed E-state index contributed by atoms with van der Waals surface area (Å²) in [5.74, 6) is 0. The fraction of sp³-hybridized carbons (Fsp3) is 0. The van der Waals surface area contributed by atoms with Crippen LogP contribution in [0.15, 0.2) is 140 Å². The van der Waals surface area contributed by atoms with Crippen molar-refractivity contribution in [2.75, 3.05) is 4.90 Å². The summed E-state index contributed by atoms with van der Waals surface area (Å²) in [5.41, 5.74) is 3.16. The summed E-state index contributed by atoms with van der Waals surface area (Å²) >= 11 is 0. The van der Waals surface area contributed by atoms with Gasteiger partial charge in [-0.2, -0.15) is 0 Å². The summed E-state index contributed by atoms with van der Waals surface area (Å²) in [4.78, 5) is 11.8. The van der Waals surface area contributed by atoms with Gasteiger partial charge in [0.15, 0.2) is 0 Å². The van der Waals surface area contributed by atoms with Crippen LogP contribution in [0.4, 0.5) is 17.1 Å². The molecule has 0 unspecified atom stereocenters. The minimum atomic E-state index is 1.03. The maximum absolute atomic E-state index is 4.70. The zero-order valence-electron chi connectivity index (χ0n) is 22.1. The van der Waals surface area contributed by atoms with E-state index in [9.17, 15) is 0 Å². The van der Waals surface area contributed by atoms with Gasteiger partial charge in [0.25, 0.3) is 0 Å². The average molecular weight is 522 g/mol. The third-order valence-electron chi connectivity index (χ3n) is 8.52. The summed E-state index contributed by atoms with van der Waals surface area (Å²) in [6.07, 6.45) is 7.84. The molecule has 0 spiro atoms. The monoisotopic (exact) mass is 521 g/mol. The molecule has 7 aromatic carbocycles. The van der Waals surface area contributed by atoms with Crippen LogP contribution in [0.25, 0.3) is 64.6 Å². The molecule has 0 radical (unpaired) electrons. The van der Waals surface area contributed by atoms with Crippen LogP contribution in [0.3, 0.4) is 0 Å². The summed E-state index contributed by atoms with van der Waals surface area (Å²) in [7, 11) is 0. The SMILES string of the molecule is c1ccc2c(N(c3cncc4ccccc34)c3ccc4c5cccc6cccc(c7cccc3c74)c65)cncc2c1. The van der Waals surface area contributed by atoms with Gasteiger partial charge in [0, 0.05) is 39.3 Å². The number of fused-ring (bicyclic) bond motifs is 4. The summed E-state index contributed by atoms with van der Waals surface area (Å²) in [5, 5.41) is 14.7.